The zero-order valence-corrected chi connectivity index (χ0v) is 11.8. The van der Waals surface area contributed by atoms with Gasteiger partial charge in [0.25, 0.3) is 5.91 Å². The second-order valence-corrected chi connectivity index (χ2v) is 5.17. The van der Waals surface area contributed by atoms with Gasteiger partial charge >= 0.3 is 0 Å². The van der Waals surface area contributed by atoms with Crippen molar-refractivity contribution in [2.75, 3.05) is 12.4 Å². The molecule has 0 aliphatic carbocycles. The maximum Gasteiger partial charge on any atom is 0.269 e. The van der Waals surface area contributed by atoms with E-state index in [1.54, 1.807) is 11.4 Å². The maximum absolute atomic E-state index is 13.1. The number of rotatable bonds is 3. The smallest absolute Gasteiger partial charge is 0.269 e. The van der Waals surface area contributed by atoms with E-state index in [9.17, 15) is 9.18 Å². The predicted molar refractivity (Wildman–Crippen MR) is 72.9 cm³/mol. The summed E-state index contributed by atoms with van der Waals surface area (Å²) >= 11 is 4.35. The summed E-state index contributed by atoms with van der Waals surface area (Å²) in [6, 6.07) is 6.01. The van der Waals surface area contributed by atoms with Crippen LogP contribution in [0, 0.1) is 5.82 Å². The topological polar surface area (TPSA) is 38.3 Å². The van der Waals surface area contributed by atoms with Gasteiger partial charge in [0, 0.05) is 5.69 Å². The van der Waals surface area contributed by atoms with Crippen LogP contribution >= 0.6 is 27.3 Å². The molecule has 0 fully saturated rings. The Labute approximate surface area is 116 Å². The fraction of sp³-hybridized carbons (Fsp3) is 0.0833. The monoisotopic (exact) mass is 329 g/mol. The van der Waals surface area contributed by atoms with Crippen molar-refractivity contribution in [1.82, 2.24) is 0 Å². The van der Waals surface area contributed by atoms with Crippen molar-refractivity contribution in [1.29, 1.82) is 0 Å². The predicted octanol–water partition coefficient (Wildman–Crippen LogP) is 3.91. The highest BCUT2D eigenvalue weighted by Gasteiger charge is 2.14. The number of thiophene rings is 1. The molecule has 2 rings (SSSR count). The first-order valence-electron chi connectivity index (χ1n) is 4.99. The molecule has 94 valence electrons. The molecule has 0 aliphatic rings. The molecule has 1 amide bonds. The zero-order valence-electron chi connectivity index (χ0n) is 9.37. The number of anilines is 1. The van der Waals surface area contributed by atoms with Crippen molar-refractivity contribution in [2.45, 2.75) is 0 Å². The van der Waals surface area contributed by atoms with Gasteiger partial charge in [0.1, 0.15) is 16.4 Å². The van der Waals surface area contributed by atoms with Crippen LogP contribution in [0.5, 0.6) is 5.75 Å². The lowest BCUT2D eigenvalue weighted by molar-refractivity contribution is 0.102. The van der Waals surface area contributed by atoms with Crippen molar-refractivity contribution >= 4 is 38.9 Å². The van der Waals surface area contributed by atoms with E-state index in [2.05, 4.69) is 21.2 Å². The van der Waals surface area contributed by atoms with Gasteiger partial charge in [-0.1, -0.05) is 0 Å². The van der Waals surface area contributed by atoms with E-state index in [0.29, 0.717) is 20.8 Å². The van der Waals surface area contributed by atoms with Gasteiger partial charge in [0.05, 0.1) is 11.6 Å². The molecule has 0 unspecified atom stereocenters. The van der Waals surface area contributed by atoms with Crippen LogP contribution in [0.4, 0.5) is 10.1 Å². The maximum atomic E-state index is 13.1. The van der Waals surface area contributed by atoms with E-state index in [1.165, 1.54) is 36.6 Å². The third kappa shape index (κ3) is 2.70. The number of carbonyl (C=O) groups is 1. The van der Waals surface area contributed by atoms with E-state index in [0.717, 1.165) is 0 Å². The fourth-order valence-electron chi connectivity index (χ4n) is 1.39. The Hall–Kier alpha value is -1.40. The summed E-state index contributed by atoms with van der Waals surface area (Å²) in [6.07, 6.45) is 0. The van der Waals surface area contributed by atoms with Crippen LogP contribution in [-0.4, -0.2) is 13.0 Å². The first-order valence-corrected chi connectivity index (χ1v) is 6.67. The number of nitrogens with one attached hydrogen (secondary N) is 1. The summed E-state index contributed by atoms with van der Waals surface area (Å²) in [5, 5.41) is 4.45. The second-order valence-electron chi connectivity index (χ2n) is 3.40. The number of ether oxygens (including phenoxy) is 1. The molecule has 6 heteroatoms. The number of halogens is 2. The molecule has 0 radical (unpaired) electrons. The average molecular weight is 330 g/mol. The first-order chi connectivity index (χ1) is 8.61. The van der Waals surface area contributed by atoms with Gasteiger partial charge in [-0.2, -0.15) is 0 Å². The molecule has 1 aromatic heterocycles. The number of hydrogen-bond donors (Lipinski definition) is 1. The van der Waals surface area contributed by atoms with E-state index in [1.807, 2.05) is 0 Å². The average Bonchev–Trinajstić information content (AvgIpc) is 2.82. The number of hydrogen-bond acceptors (Lipinski definition) is 3. The molecule has 0 atom stereocenters. The molecule has 3 nitrogen and oxygen atoms in total. The lowest BCUT2D eigenvalue weighted by atomic mass is 10.3. The normalized spacial score (nSPS) is 10.2. The summed E-state index contributed by atoms with van der Waals surface area (Å²) in [5.41, 5.74) is 0.517. The molecule has 1 heterocycles. The Morgan fingerprint density at radius 3 is 2.89 bits per heavy atom. The van der Waals surface area contributed by atoms with Crippen molar-refractivity contribution in [3.05, 3.63) is 44.8 Å². The minimum Gasteiger partial charge on any atom is -0.495 e. The molecule has 1 N–H and O–H groups in total. The summed E-state index contributed by atoms with van der Waals surface area (Å²) in [5.74, 6) is -0.124. The van der Waals surface area contributed by atoms with Gasteiger partial charge in [-0.3, -0.25) is 4.79 Å². The van der Waals surface area contributed by atoms with Crippen LogP contribution in [0.25, 0.3) is 0 Å². The van der Waals surface area contributed by atoms with Gasteiger partial charge in [0.2, 0.25) is 0 Å². The molecule has 2 aromatic rings. The lowest BCUT2D eigenvalue weighted by Crippen LogP contribution is -2.11. The number of carbonyl (C=O) groups excluding carboxylic acids is 1. The molecule has 0 spiro atoms. The van der Waals surface area contributed by atoms with Crippen LogP contribution in [0.2, 0.25) is 0 Å². The molecule has 0 saturated carbocycles. The van der Waals surface area contributed by atoms with Crippen molar-refractivity contribution in [2.24, 2.45) is 0 Å². The van der Waals surface area contributed by atoms with Crippen LogP contribution in [-0.2, 0) is 0 Å². The highest BCUT2D eigenvalue weighted by Crippen LogP contribution is 2.26. The first kappa shape index (κ1) is 13.0. The second kappa shape index (κ2) is 5.49. The van der Waals surface area contributed by atoms with Crippen LogP contribution in [0.1, 0.15) is 9.67 Å². The molecule has 18 heavy (non-hydrogen) atoms. The van der Waals surface area contributed by atoms with E-state index >= 15 is 0 Å². The molecule has 0 saturated heterocycles. The van der Waals surface area contributed by atoms with Gasteiger partial charge in [0.15, 0.2) is 0 Å². The third-order valence-electron chi connectivity index (χ3n) is 2.23. The number of amides is 1. The van der Waals surface area contributed by atoms with Crippen molar-refractivity contribution < 1.29 is 13.9 Å². The van der Waals surface area contributed by atoms with Gasteiger partial charge in [-0.05, 0) is 45.6 Å². The fourth-order valence-corrected chi connectivity index (χ4v) is 2.52. The Balaban J connectivity index is 2.19. The highest BCUT2D eigenvalue weighted by atomic mass is 79.9. The Bertz CT molecular complexity index is 585. The number of benzene rings is 1. The van der Waals surface area contributed by atoms with Gasteiger partial charge in [-0.25, -0.2) is 4.39 Å². The quantitative estimate of drug-likeness (QED) is 0.927. The summed E-state index contributed by atoms with van der Waals surface area (Å²) in [7, 11) is 1.51. The zero-order chi connectivity index (χ0) is 13.1. The van der Waals surface area contributed by atoms with Crippen LogP contribution in [0.15, 0.2) is 34.1 Å². The minimum atomic E-state index is -0.373. The molecule has 1 aromatic carbocycles. The Kier molecular flexibility index (Phi) is 3.98. The number of methoxy groups -OCH3 is 1. The van der Waals surface area contributed by atoms with Gasteiger partial charge in [-0.15, -0.1) is 11.3 Å². The van der Waals surface area contributed by atoms with Crippen molar-refractivity contribution in [3.8, 4) is 5.75 Å². The molecule has 0 bridgehead atoms. The largest absolute Gasteiger partial charge is 0.495 e. The summed E-state index contributed by atoms with van der Waals surface area (Å²) < 4.78 is 18.4. The standard InChI is InChI=1S/C12H9BrFNO2S/c1-17-10-4-5-18-11(10)12(16)15-7-2-3-9(14)8(13)6-7/h2-6H,1H3,(H,15,16). The molecule has 0 aliphatic heterocycles. The Morgan fingerprint density at radius 1 is 1.44 bits per heavy atom. The van der Waals surface area contributed by atoms with Crippen molar-refractivity contribution in [3.63, 3.8) is 0 Å². The third-order valence-corrected chi connectivity index (χ3v) is 3.73. The van der Waals surface area contributed by atoms with Crippen LogP contribution < -0.4 is 10.1 Å². The van der Waals surface area contributed by atoms with E-state index < -0.39 is 0 Å². The summed E-state index contributed by atoms with van der Waals surface area (Å²) in [4.78, 5) is 12.4. The van der Waals surface area contributed by atoms with E-state index in [-0.39, 0.29) is 11.7 Å². The lowest BCUT2D eigenvalue weighted by Gasteiger charge is -2.06. The van der Waals surface area contributed by atoms with E-state index in [4.69, 9.17) is 4.74 Å². The molecular formula is C12H9BrFNO2S. The highest BCUT2D eigenvalue weighted by molar-refractivity contribution is 9.10. The van der Waals surface area contributed by atoms with Gasteiger partial charge < -0.3 is 10.1 Å². The SMILES string of the molecule is COc1ccsc1C(=O)Nc1ccc(F)c(Br)c1. The Morgan fingerprint density at radius 2 is 2.22 bits per heavy atom. The molecular weight excluding hydrogens is 321 g/mol. The van der Waals surface area contributed by atoms with Crippen LogP contribution in [0.3, 0.4) is 0 Å². The summed E-state index contributed by atoms with van der Waals surface area (Å²) in [6.45, 7) is 0. The minimum absolute atomic E-state index is 0.277.